The molecule has 0 bridgehead atoms. The highest BCUT2D eigenvalue weighted by Crippen LogP contribution is 2.32. The fourth-order valence-corrected chi connectivity index (χ4v) is 2.52. The highest BCUT2D eigenvalue weighted by atomic mass is 16.1. The van der Waals surface area contributed by atoms with Crippen molar-refractivity contribution in [1.82, 2.24) is 0 Å². The Kier molecular flexibility index (Phi) is 2.32. The van der Waals surface area contributed by atoms with Gasteiger partial charge in [0.25, 0.3) is 0 Å². The van der Waals surface area contributed by atoms with E-state index in [9.17, 15) is 4.79 Å². The van der Waals surface area contributed by atoms with Crippen LogP contribution in [0.25, 0.3) is 16.3 Å². The van der Waals surface area contributed by atoms with Gasteiger partial charge in [0.2, 0.25) is 0 Å². The molecule has 0 saturated carbocycles. The summed E-state index contributed by atoms with van der Waals surface area (Å²) < 4.78 is 0. The average Bonchev–Trinajstić information content (AvgIpc) is 2.70. The fourth-order valence-electron chi connectivity index (χ4n) is 2.52. The largest absolute Gasteiger partial charge is 0.295 e. The van der Waals surface area contributed by atoms with E-state index in [-0.39, 0.29) is 0 Å². The first-order valence-electron chi connectivity index (χ1n) is 5.98. The number of hydrogen-bond donors (Lipinski definition) is 0. The van der Waals surface area contributed by atoms with E-state index in [0.29, 0.717) is 12.2 Å². The maximum atomic E-state index is 11.6. The van der Waals surface area contributed by atoms with Crippen LogP contribution in [-0.4, -0.2) is 5.78 Å². The SMILES string of the molecule is CC1=C(c2ccc3ccccc3c2)CCC1=O. The minimum Gasteiger partial charge on any atom is -0.295 e. The molecule has 2 aromatic rings. The number of carbonyl (C=O) groups excluding carboxylic acids is 1. The zero-order valence-corrected chi connectivity index (χ0v) is 9.86. The van der Waals surface area contributed by atoms with Crippen molar-refractivity contribution in [2.24, 2.45) is 0 Å². The summed E-state index contributed by atoms with van der Waals surface area (Å²) in [6, 6.07) is 14.8. The molecule has 2 aromatic carbocycles. The van der Waals surface area contributed by atoms with Gasteiger partial charge in [0.15, 0.2) is 5.78 Å². The number of allylic oxidation sites excluding steroid dienone is 2. The molecule has 0 aromatic heterocycles. The molecular weight excluding hydrogens is 208 g/mol. The third kappa shape index (κ3) is 1.68. The topological polar surface area (TPSA) is 17.1 Å². The number of Topliss-reactive ketones (excluding diaryl/α,β-unsaturated/α-hetero) is 1. The zero-order chi connectivity index (χ0) is 11.8. The van der Waals surface area contributed by atoms with Crippen LogP contribution >= 0.6 is 0 Å². The Hall–Kier alpha value is -1.89. The van der Waals surface area contributed by atoms with E-state index < -0.39 is 0 Å². The molecule has 0 saturated heterocycles. The summed E-state index contributed by atoms with van der Waals surface area (Å²) in [5.74, 6) is 0.299. The van der Waals surface area contributed by atoms with Gasteiger partial charge in [0.1, 0.15) is 0 Å². The molecule has 3 rings (SSSR count). The second-order valence-corrected chi connectivity index (χ2v) is 4.59. The van der Waals surface area contributed by atoms with Crippen molar-refractivity contribution >= 4 is 22.1 Å². The van der Waals surface area contributed by atoms with Crippen molar-refractivity contribution in [2.75, 3.05) is 0 Å². The number of ketones is 1. The van der Waals surface area contributed by atoms with Gasteiger partial charge >= 0.3 is 0 Å². The first kappa shape index (κ1) is 10.3. The molecule has 84 valence electrons. The summed E-state index contributed by atoms with van der Waals surface area (Å²) >= 11 is 0. The van der Waals surface area contributed by atoms with E-state index in [1.807, 2.05) is 19.1 Å². The van der Waals surface area contributed by atoms with Gasteiger partial charge in [-0.25, -0.2) is 0 Å². The monoisotopic (exact) mass is 222 g/mol. The van der Waals surface area contributed by atoms with Crippen LogP contribution in [0, 0.1) is 0 Å². The lowest BCUT2D eigenvalue weighted by Gasteiger charge is -2.05. The Balaban J connectivity index is 2.16. The van der Waals surface area contributed by atoms with E-state index in [2.05, 4.69) is 30.3 Å². The molecule has 0 spiro atoms. The zero-order valence-electron chi connectivity index (χ0n) is 9.86. The molecule has 1 aliphatic rings. The summed E-state index contributed by atoms with van der Waals surface area (Å²) in [7, 11) is 0. The second-order valence-electron chi connectivity index (χ2n) is 4.59. The van der Waals surface area contributed by atoms with Gasteiger partial charge in [0, 0.05) is 6.42 Å². The van der Waals surface area contributed by atoms with E-state index in [1.54, 1.807) is 0 Å². The van der Waals surface area contributed by atoms with Gasteiger partial charge in [-0.1, -0.05) is 36.4 Å². The lowest BCUT2D eigenvalue weighted by atomic mass is 9.99. The third-order valence-electron chi connectivity index (χ3n) is 3.57. The number of carbonyl (C=O) groups is 1. The Morgan fingerprint density at radius 1 is 0.941 bits per heavy atom. The van der Waals surface area contributed by atoms with Gasteiger partial charge in [-0.3, -0.25) is 4.79 Å². The molecule has 0 N–H and O–H groups in total. The van der Waals surface area contributed by atoms with Crippen LogP contribution in [0.4, 0.5) is 0 Å². The molecule has 1 heteroatoms. The van der Waals surface area contributed by atoms with E-state index in [0.717, 1.165) is 12.0 Å². The quantitative estimate of drug-likeness (QED) is 0.713. The lowest BCUT2D eigenvalue weighted by Crippen LogP contribution is -1.90. The van der Waals surface area contributed by atoms with E-state index in [4.69, 9.17) is 0 Å². The Labute approximate surface area is 101 Å². The van der Waals surface area contributed by atoms with Crippen molar-refractivity contribution in [3.63, 3.8) is 0 Å². The molecule has 17 heavy (non-hydrogen) atoms. The minimum absolute atomic E-state index is 0.299. The molecule has 0 amide bonds. The van der Waals surface area contributed by atoms with Crippen molar-refractivity contribution in [1.29, 1.82) is 0 Å². The van der Waals surface area contributed by atoms with Crippen molar-refractivity contribution in [3.05, 3.63) is 53.6 Å². The predicted molar refractivity (Wildman–Crippen MR) is 70.8 cm³/mol. The van der Waals surface area contributed by atoms with Gasteiger partial charge in [0.05, 0.1) is 0 Å². The van der Waals surface area contributed by atoms with E-state index in [1.165, 1.54) is 21.9 Å². The summed E-state index contributed by atoms with van der Waals surface area (Å²) in [4.78, 5) is 11.6. The van der Waals surface area contributed by atoms with Crippen LogP contribution < -0.4 is 0 Å². The lowest BCUT2D eigenvalue weighted by molar-refractivity contribution is -0.114. The predicted octanol–water partition coefficient (Wildman–Crippen LogP) is 3.98. The summed E-state index contributed by atoms with van der Waals surface area (Å²) in [5, 5.41) is 2.49. The molecule has 1 aliphatic carbocycles. The van der Waals surface area contributed by atoms with Crippen molar-refractivity contribution < 1.29 is 4.79 Å². The van der Waals surface area contributed by atoms with Crippen molar-refractivity contribution in [2.45, 2.75) is 19.8 Å². The number of rotatable bonds is 1. The van der Waals surface area contributed by atoms with Crippen LogP contribution in [0.2, 0.25) is 0 Å². The van der Waals surface area contributed by atoms with Gasteiger partial charge in [-0.05, 0) is 46.9 Å². The van der Waals surface area contributed by atoms with Crippen LogP contribution in [0.5, 0.6) is 0 Å². The van der Waals surface area contributed by atoms with Crippen LogP contribution in [0.1, 0.15) is 25.3 Å². The van der Waals surface area contributed by atoms with Crippen molar-refractivity contribution in [3.8, 4) is 0 Å². The second kappa shape index (κ2) is 3.85. The molecular formula is C16H14O. The van der Waals surface area contributed by atoms with Crippen LogP contribution in [-0.2, 0) is 4.79 Å². The molecule has 0 unspecified atom stereocenters. The maximum Gasteiger partial charge on any atom is 0.159 e. The van der Waals surface area contributed by atoms with E-state index >= 15 is 0 Å². The van der Waals surface area contributed by atoms with Gasteiger partial charge < -0.3 is 0 Å². The highest BCUT2D eigenvalue weighted by Gasteiger charge is 2.20. The minimum atomic E-state index is 0.299. The first-order chi connectivity index (χ1) is 8.25. The number of fused-ring (bicyclic) bond motifs is 1. The average molecular weight is 222 g/mol. The molecule has 0 heterocycles. The number of hydrogen-bond acceptors (Lipinski definition) is 1. The number of benzene rings is 2. The van der Waals surface area contributed by atoms with Crippen LogP contribution in [0.3, 0.4) is 0 Å². The first-order valence-corrected chi connectivity index (χ1v) is 5.98. The molecule has 1 nitrogen and oxygen atoms in total. The summed E-state index contributed by atoms with van der Waals surface area (Å²) in [6.07, 6.45) is 1.57. The van der Waals surface area contributed by atoms with Crippen LogP contribution in [0.15, 0.2) is 48.0 Å². The Bertz CT molecular complexity index is 635. The molecule has 0 aliphatic heterocycles. The van der Waals surface area contributed by atoms with Gasteiger partial charge in [-0.15, -0.1) is 0 Å². The van der Waals surface area contributed by atoms with Gasteiger partial charge in [-0.2, -0.15) is 0 Å². The summed E-state index contributed by atoms with van der Waals surface area (Å²) in [6.45, 7) is 1.94. The Morgan fingerprint density at radius 3 is 2.41 bits per heavy atom. The normalized spacial score (nSPS) is 15.9. The fraction of sp³-hybridized carbons (Fsp3) is 0.188. The molecule has 0 atom stereocenters. The third-order valence-corrected chi connectivity index (χ3v) is 3.57. The summed E-state index contributed by atoms with van der Waals surface area (Å²) in [5.41, 5.74) is 3.37. The molecule has 0 fully saturated rings. The smallest absolute Gasteiger partial charge is 0.159 e. The standard InChI is InChI=1S/C16H14O/c1-11-15(8-9-16(11)17)14-7-6-12-4-2-3-5-13(12)10-14/h2-7,10H,8-9H2,1H3. The molecule has 0 radical (unpaired) electrons. The maximum absolute atomic E-state index is 11.6. The highest BCUT2D eigenvalue weighted by molar-refractivity contribution is 6.07. The Morgan fingerprint density at radius 2 is 1.71 bits per heavy atom.